The molecule has 3 fully saturated rings. The summed E-state index contributed by atoms with van der Waals surface area (Å²) >= 11 is 0. The SMILES string of the molecule is NC1NC(O)C23CCCCCCCCCCC1(C=CN2C1OC(COP(=O)(O)O)C(O)C1O)C3. The summed E-state index contributed by atoms with van der Waals surface area (Å²) in [6.07, 6.45) is 8.52. The van der Waals surface area contributed by atoms with Crippen LogP contribution in [0.3, 0.4) is 0 Å². The molecule has 34 heavy (non-hydrogen) atoms. The Labute approximate surface area is 200 Å². The quantitative estimate of drug-likeness (QED) is 0.266. The highest BCUT2D eigenvalue weighted by Gasteiger charge is 2.60. The van der Waals surface area contributed by atoms with Gasteiger partial charge in [0, 0.05) is 5.41 Å². The number of nitrogens with two attached hydrogens (primary N) is 1. The van der Waals surface area contributed by atoms with Crippen LogP contribution in [0.5, 0.6) is 0 Å². The average molecular weight is 506 g/mol. The van der Waals surface area contributed by atoms with Crippen molar-refractivity contribution in [3.63, 3.8) is 0 Å². The summed E-state index contributed by atoms with van der Waals surface area (Å²) in [4.78, 5) is 19.8. The van der Waals surface area contributed by atoms with Crippen molar-refractivity contribution in [2.75, 3.05) is 6.61 Å². The Morgan fingerprint density at radius 2 is 1.65 bits per heavy atom. The van der Waals surface area contributed by atoms with Crippen LogP contribution >= 0.6 is 7.82 Å². The Morgan fingerprint density at radius 3 is 2.29 bits per heavy atom. The van der Waals surface area contributed by atoms with E-state index in [-0.39, 0.29) is 5.41 Å². The fourth-order valence-electron chi connectivity index (χ4n) is 6.27. The van der Waals surface area contributed by atoms with Crippen molar-refractivity contribution in [1.29, 1.82) is 0 Å². The van der Waals surface area contributed by atoms with Crippen molar-refractivity contribution in [1.82, 2.24) is 10.2 Å². The molecule has 12 heteroatoms. The van der Waals surface area contributed by atoms with Gasteiger partial charge in [-0.25, -0.2) is 4.57 Å². The maximum atomic E-state index is 11.3. The molecule has 1 aliphatic carbocycles. The van der Waals surface area contributed by atoms with Crippen molar-refractivity contribution in [3.8, 4) is 0 Å². The lowest BCUT2D eigenvalue weighted by molar-refractivity contribution is -0.185. The minimum Gasteiger partial charge on any atom is -0.387 e. The number of hydrogen-bond donors (Lipinski definition) is 7. The summed E-state index contributed by atoms with van der Waals surface area (Å²) in [6.45, 7) is -0.570. The molecule has 3 aliphatic heterocycles. The molecule has 0 aromatic carbocycles. The normalized spacial score (nSPS) is 44.2. The maximum Gasteiger partial charge on any atom is 0.469 e. The molecule has 4 aliphatic rings. The molecule has 11 nitrogen and oxygen atoms in total. The predicted molar refractivity (Wildman–Crippen MR) is 123 cm³/mol. The third kappa shape index (κ3) is 5.25. The fraction of sp³-hybridized carbons (Fsp3) is 0.909. The van der Waals surface area contributed by atoms with Crippen LogP contribution in [0.15, 0.2) is 12.3 Å². The van der Waals surface area contributed by atoms with Crippen LogP contribution in [0.2, 0.25) is 0 Å². The standard InChI is InChI=1S/C22H40N3O8P/c23-19-21-9-7-5-3-1-2-4-6-8-10-22(14-21,20(28)24-19)25(12-11-21)18-17(27)16(26)15(33-18)13-32-34(29,30)31/h11-12,15-20,24,26-28H,1-10,13-14,23H2,(H2,29,30,31). The first-order valence-corrected chi connectivity index (χ1v) is 14.0. The van der Waals surface area contributed by atoms with Crippen LogP contribution in [0.25, 0.3) is 0 Å². The fourth-order valence-corrected chi connectivity index (χ4v) is 6.61. The van der Waals surface area contributed by atoms with E-state index in [1.165, 1.54) is 19.3 Å². The van der Waals surface area contributed by atoms with Crippen LogP contribution in [-0.4, -0.2) is 79.1 Å². The third-order valence-electron chi connectivity index (χ3n) is 8.20. The first kappa shape index (κ1) is 26.5. The topological polar surface area (TPSA) is 178 Å². The van der Waals surface area contributed by atoms with E-state index in [4.69, 9.17) is 20.3 Å². The number of piperidine rings is 1. The first-order valence-electron chi connectivity index (χ1n) is 12.5. The summed E-state index contributed by atoms with van der Waals surface area (Å²) in [5.41, 5.74) is 5.36. The summed E-state index contributed by atoms with van der Waals surface area (Å²) < 4.78 is 21.5. The van der Waals surface area contributed by atoms with Gasteiger partial charge in [0.1, 0.15) is 24.5 Å². The molecular formula is C22H40N3O8P. The summed E-state index contributed by atoms with van der Waals surface area (Å²) in [5, 5.41) is 35.9. The number of rotatable bonds is 4. The van der Waals surface area contributed by atoms with Gasteiger partial charge >= 0.3 is 7.82 Å². The van der Waals surface area contributed by atoms with Crippen molar-refractivity contribution < 1.29 is 38.9 Å². The van der Waals surface area contributed by atoms with Crippen molar-refractivity contribution in [3.05, 3.63) is 12.3 Å². The van der Waals surface area contributed by atoms with E-state index in [9.17, 15) is 19.9 Å². The van der Waals surface area contributed by atoms with Crippen LogP contribution in [0.1, 0.15) is 70.6 Å². The van der Waals surface area contributed by atoms with Crippen molar-refractivity contribution in [2.24, 2.45) is 11.1 Å². The van der Waals surface area contributed by atoms with Gasteiger partial charge in [-0.2, -0.15) is 0 Å². The molecule has 0 radical (unpaired) electrons. The molecule has 196 valence electrons. The lowest BCUT2D eigenvalue weighted by Gasteiger charge is -2.61. The molecule has 8 atom stereocenters. The van der Waals surface area contributed by atoms with Crippen LogP contribution in [0, 0.1) is 5.41 Å². The highest BCUT2D eigenvalue weighted by Crippen LogP contribution is 2.52. The maximum absolute atomic E-state index is 11.3. The average Bonchev–Trinajstić information content (AvgIpc) is 3.06. The van der Waals surface area contributed by atoms with Crippen LogP contribution in [-0.2, 0) is 13.8 Å². The Morgan fingerprint density at radius 1 is 1.03 bits per heavy atom. The van der Waals surface area contributed by atoms with E-state index in [0.29, 0.717) is 12.8 Å². The van der Waals surface area contributed by atoms with Gasteiger partial charge in [0.25, 0.3) is 0 Å². The van der Waals surface area contributed by atoms with E-state index in [1.807, 2.05) is 12.3 Å². The summed E-state index contributed by atoms with van der Waals surface area (Å²) in [7, 11) is -4.76. The second-order valence-electron chi connectivity index (χ2n) is 10.4. The van der Waals surface area contributed by atoms with E-state index >= 15 is 0 Å². The first-order chi connectivity index (χ1) is 16.1. The largest absolute Gasteiger partial charge is 0.469 e. The molecule has 3 heterocycles. The number of phosphoric ester groups is 1. The van der Waals surface area contributed by atoms with E-state index in [1.54, 1.807) is 4.90 Å². The van der Waals surface area contributed by atoms with Gasteiger partial charge in [-0.3, -0.25) is 9.84 Å². The summed E-state index contributed by atoms with van der Waals surface area (Å²) in [5.74, 6) is 0. The zero-order chi connectivity index (χ0) is 24.6. The molecule has 0 aromatic rings. The minimum absolute atomic E-state index is 0.352. The van der Waals surface area contributed by atoms with Gasteiger partial charge in [-0.15, -0.1) is 0 Å². The van der Waals surface area contributed by atoms with Gasteiger partial charge in [-0.1, -0.05) is 57.4 Å². The lowest BCUT2D eigenvalue weighted by Crippen LogP contribution is -2.75. The number of aliphatic hydroxyl groups is 3. The lowest BCUT2D eigenvalue weighted by atomic mass is 9.63. The molecule has 0 spiro atoms. The molecule has 2 bridgehead atoms. The number of nitrogens with zero attached hydrogens (tertiary/aromatic N) is 1. The van der Waals surface area contributed by atoms with Crippen LogP contribution in [0.4, 0.5) is 0 Å². The summed E-state index contributed by atoms with van der Waals surface area (Å²) in [6, 6.07) is 0. The van der Waals surface area contributed by atoms with Gasteiger partial charge < -0.3 is 40.5 Å². The molecule has 4 rings (SSSR count). The van der Waals surface area contributed by atoms with E-state index in [0.717, 1.165) is 38.5 Å². The van der Waals surface area contributed by atoms with Crippen LogP contribution < -0.4 is 11.1 Å². The number of ether oxygens (including phenoxy) is 1. The Balaban J connectivity index is 1.63. The number of hydrogen-bond acceptors (Lipinski definition) is 9. The molecule has 0 aromatic heterocycles. The monoisotopic (exact) mass is 505 g/mol. The highest BCUT2D eigenvalue weighted by atomic mass is 31.2. The molecular weight excluding hydrogens is 465 g/mol. The third-order valence-corrected chi connectivity index (χ3v) is 8.69. The molecule has 8 N–H and O–H groups in total. The Hall–Kier alpha value is -0.590. The van der Waals surface area contributed by atoms with Gasteiger partial charge in [0.2, 0.25) is 0 Å². The van der Waals surface area contributed by atoms with Crippen molar-refractivity contribution in [2.45, 2.75) is 113 Å². The second kappa shape index (κ2) is 10.4. The number of aliphatic hydroxyl groups excluding tert-OH is 3. The number of phosphoric acid groups is 1. The molecule has 2 saturated heterocycles. The van der Waals surface area contributed by atoms with Crippen molar-refractivity contribution >= 4 is 7.82 Å². The minimum atomic E-state index is -4.76. The number of nitrogens with one attached hydrogen (secondary N) is 1. The van der Waals surface area contributed by atoms with E-state index in [2.05, 4.69) is 9.84 Å². The van der Waals surface area contributed by atoms with Gasteiger partial charge in [0.05, 0.1) is 18.3 Å². The zero-order valence-electron chi connectivity index (χ0n) is 19.5. The zero-order valence-corrected chi connectivity index (χ0v) is 20.4. The Bertz CT molecular complexity index is 783. The highest BCUT2D eigenvalue weighted by molar-refractivity contribution is 7.46. The molecule has 0 amide bonds. The predicted octanol–water partition coefficient (Wildman–Crippen LogP) is 0.608. The van der Waals surface area contributed by atoms with Gasteiger partial charge in [0.15, 0.2) is 6.23 Å². The van der Waals surface area contributed by atoms with Gasteiger partial charge in [-0.05, 0) is 25.5 Å². The Kier molecular flexibility index (Phi) is 8.11. The molecule has 8 unspecified atom stereocenters. The smallest absolute Gasteiger partial charge is 0.387 e. The second-order valence-corrected chi connectivity index (χ2v) is 11.7. The van der Waals surface area contributed by atoms with E-state index < -0.39 is 56.9 Å². The molecule has 1 saturated carbocycles.